The molecule has 0 saturated heterocycles. The largest absolute Gasteiger partial charge is 0.511 e. The third-order valence-electron chi connectivity index (χ3n) is 4.34. The van der Waals surface area contributed by atoms with E-state index in [4.69, 9.17) is 19.4 Å². The molecule has 2 atom stereocenters. The predicted molar refractivity (Wildman–Crippen MR) is 102 cm³/mol. The second-order valence-electron chi connectivity index (χ2n) is 6.73. The van der Waals surface area contributed by atoms with E-state index in [2.05, 4.69) is 9.47 Å². The first-order valence-electron chi connectivity index (χ1n) is 9.38. The minimum Gasteiger partial charge on any atom is -0.449 e. The van der Waals surface area contributed by atoms with Gasteiger partial charge in [-0.15, -0.1) is 0 Å². The molecule has 0 fully saturated rings. The zero-order valence-corrected chi connectivity index (χ0v) is 16.7. The fraction of sp³-hybridized carbons (Fsp3) is 0.286. The fourth-order valence-electron chi connectivity index (χ4n) is 2.87. The first kappa shape index (κ1) is 22.8. The summed E-state index contributed by atoms with van der Waals surface area (Å²) in [6.07, 6.45) is -4.78. The number of benzene rings is 1. The van der Waals surface area contributed by atoms with Crippen LogP contribution in [0, 0.1) is 0 Å². The summed E-state index contributed by atoms with van der Waals surface area (Å²) in [6.45, 7) is 0.0324. The lowest BCUT2D eigenvalue weighted by Crippen LogP contribution is -2.26. The Hall–Kier alpha value is -3.83. The zero-order valence-electron chi connectivity index (χ0n) is 16.7. The molecule has 1 aliphatic carbocycles. The van der Waals surface area contributed by atoms with Crippen LogP contribution < -0.4 is 0 Å². The summed E-state index contributed by atoms with van der Waals surface area (Å²) in [7, 11) is 0. The van der Waals surface area contributed by atoms with Gasteiger partial charge in [0.15, 0.2) is 17.3 Å². The minimum atomic E-state index is -1.42. The number of rotatable bonds is 8. The van der Waals surface area contributed by atoms with E-state index in [1.54, 1.807) is 12.1 Å². The quantitative estimate of drug-likeness (QED) is 0.219. The van der Waals surface area contributed by atoms with Crippen molar-refractivity contribution in [3.8, 4) is 0 Å². The van der Waals surface area contributed by atoms with Crippen molar-refractivity contribution in [1.82, 2.24) is 0 Å². The Morgan fingerprint density at radius 2 is 1.69 bits per heavy atom. The van der Waals surface area contributed by atoms with Crippen molar-refractivity contribution >= 4 is 29.5 Å². The molecule has 1 aromatic carbocycles. The van der Waals surface area contributed by atoms with Crippen LogP contribution in [0.5, 0.6) is 0 Å². The maximum atomic E-state index is 12.6. The van der Waals surface area contributed by atoms with Crippen molar-refractivity contribution < 1.29 is 52.8 Å². The maximum absolute atomic E-state index is 12.6. The highest BCUT2D eigenvalue weighted by Crippen LogP contribution is 2.30. The third kappa shape index (κ3) is 4.90. The molecule has 0 amide bonds. The summed E-state index contributed by atoms with van der Waals surface area (Å²) in [5.74, 6) is -3.60. The highest BCUT2D eigenvalue weighted by molar-refractivity contribution is 6.28. The van der Waals surface area contributed by atoms with Gasteiger partial charge >= 0.3 is 12.1 Å². The van der Waals surface area contributed by atoms with Crippen molar-refractivity contribution in [2.75, 3.05) is 13.2 Å². The Bertz CT molecular complexity index is 1030. The molecule has 0 saturated carbocycles. The number of aliphatic hydroxyl groups excluding tert-OH is 2. The highest BCUT2D eigenvalue weighted by atomic mass is 16.8. The summed E-state index contributed by atoms with van der Waals surface area (Å²) in [4.78, 5) is 60.8. The smallest absolute Gasteiger partial charge is 0.449 e. The van der Waals surface area contributed by atoms with Crippen LogP contribution in [-0.4, -0.2) is 65.3 Å². The number of hydrogen-bond acceptors (Lipinski definition) is 11. The molecule has 0 aliphatic heterocycles. The topological polar surface area (TPSA) is 167 Å². The van der Waals surface area contributed by atoms with Gasteiger partial charge in [-0.05, 0) is 6.07 Å². The number of aliphatic hydroxyl groups is 2. The monoisotopic (exact) mass is 446 g/mol. The average molecular weight is 446 g/mol. The molecule has 0 bridgehead atoms. The molecule has 11 nitrogen and oxygen atoms in total. The van der Waals surface area contributed by atoms with Gasteiger partial charge in [0.25, 0.3) is 0 Å². The standard InChI is InChI=1S/C21H18O11/c1-10(31-21(28)29-9-11(23)8-22)30-17(25)7-15(24)16-6-14-18(26)12-4-2-3-5-13(12)19(27)20(14)32-16/h2-6,10-11,22-23H,7-9H2,1H3. The molecule has 168 valence electrons. The molecule has 1 aromatic heterocycles. The molecule has 32 heavy (non-hydrogen) atoms. The van der Waals surface area contributed by atoms with E-state index < -0.39 is 61.5 Å². The van der Waals surface area contributed by atoms with Gasteiger partial charge < -0.3 is 28.8 Å². The lowest BCUT2D eigenvalue weighted by atomic mass is 9.88. The number of esters is 1. The van der Waals surface area contributed by atoms with Crippen LogP contribution in [0.15, 0.2) is 34.7 Å². The molecule has 2 unspecified atom stereocenters. The summed E-state index contributed by atoms with van der Waals surface area (Å²) >= 11 is 0. The van der Waals surface area contributed by atoms with E-state index in [1.807, 2.05) is 0 Å². The molecule has 1 heterocycles. The predicted octanol–water partition coefficient (Wildman–Crippen LogP) is 1.02. The molecule has 0 radical (unpaired) electrons. The number of hydrogen-bond donors (Lipinski definition) is 2. The van der Waals surface area contributed by atoms with Crippen LogP contribution >= 0.6 is 0 Å². The number of Topliss-reactive ketones (excluding diaryl/α,β-unsaturated/α-hetero) is 1. The van der Waals surface area contributed by atoms with Crippen LogP contribution in [-0.2, 0) is 19.0 Å². The van der Waals surface area contributed by atoms with Gasteiger partial charge in [-0.2, -0.15) is 0 Å². The number of furan rings is 1. The van der Waals surface area contributed by atoms with Crippen molar-refractivity contribution in [3.05, 3.63) is 58.5 Å². The van der Waals surface area contributed by atoms with E-state index in [-0.39, 0.29) is 28.2 Å². The summed E-state index contributed by atoms with van der Waals surface area (Å²) in [5, 5.41) is 17.7. The van der Waals surface area contributed by atoms with E-state index >= 15 is 0 Å². The van der Waals surface area contributed by atoms with Gasteiger partial charge in [0, 0.05) is 18.1 Å². The lowest BCUT2D eigenvalue weighted by molar-refractivity contribution is -0.167. The summed E-state index contributed by atoms with van der Waals surface area (Å²) in [6, 6.07) is 7.25. The van der Waals surface area contributed by atoms with Crippen LogP contribution in [0.1, 0.15) is 55.9 Å². The molecule has 11 heteroatoms. The highest BCUT2D eigenvalue weighted by Gasteiger charge is 2.34. The number of ketones is 3. The first-order chi connectivity index (χ1) is 15.2. The van der Waals surface area contributed by atoms with Gasteiger partial charge in [0.1, 0.15) is 19.1 Å². The number of carbonyl (C=O) groups excluding carboxylic acids is 5. The zero-order chi connectivity index (χ0) is 23.4. The van der Waals surface area contributed by atoms with Gasteiger partial charge in [-0.3, -0.25) is 19.2 Å². The Morgan fingerprint density at radius 1 is 1.03 bits per heavy atom. The molecule has 2 aromatic rings. The number of carbonyl (C=O) groups is 5. The van der Waals surface area contributed by atoms with Crippen molar-refractivity contribution in [2.45, 2.75) is 25.7 Å². The molecule has 0 spiro atoms. The van der Waals surface area contributed by atoms with E-state index in [9.17, 15) is 24.0 Å². The van der Waals surface area contributed by atoms with Crippen molar-refractivity contribution in [1.29, 1.82) is 0 Å². The van der Waals surface area contributed by atoms with Gasteiger partial charge in [0.2, 0.25) is 17.9 Å². The summed E-state index contributed by atoms with van der Waals surface area (Å²) < 4.78 is 19.1. The average Bonchev–Trinajstić information content (AvgIpc) is 3.21. The molecule has 2 N–H and O–H groups in total. The molecule has 1 aliphatic rings. The molecule has 3 rings (SSSR count). The second-order valence-corrected chi connectivity index (χ2v) is 6.73. The van der Waals surface area contributed by atoms with E-state index in [1.165, 1.54) is 19.1 Å². The van der Waals surface area contributed by atoms with Gasteiger partial charge in [-0.25, -0.2) is 4.79 Å². The second kappa shape index (κ2) is 9.54. The van der Waals surface area contributed by atoms with Crippen LogP contribution in [0.25, 0.3) is 0 Å². The van der Waals surface area contributed by atoms with Crippen molar-refractivity contribution in [3.63, 3.8) is 0 Å². The van der Waals surface area contributed by atoms with E-state index in [0.29, 0.717) is 0 Å². The van der Waals surface area contributed by atoms with Crippen molar-refractivity contribution in [2.24, 2.45) is 0 Å². The van der Waals surface area contributed by atoms with E-state index in [0.717, 1.165) is 6.07 Å². The SMILES string of the molecule is CC(OC(=O)CC(=O)c1cc2c(o1)C(=O)c1ccccc1C2=O)OC(=O)OCC(O)CO. The van der Waals surface area contributed by atoms with Crippen LogP contribution in [0.4, 0.5) is 4.79 Å². The lowest BCUT2D eigenvalue weighted by Gasteiger charge is -2.14. The van der Waals surface area contributed by atoms with Gasteiger partial charge in [-0.1, -0.05) is 24.3 Å². The minimum absolute atomic E-state index is 0.0741. The normalized spacial score (nSPS) is 14.1. The van der Waals surface area contributed by atoms with Crippen LogP contribution in [0.2, 0.25) is 0 Å². The Morgan fingerprint density at radius 3 is 2.34 bits per heavy atom. The Kier molecular flexibility index (Phi) is 6.81. The Labute approximate surface area is 180 Å². The maximum Gasteiger partial charge on any atom is 0.511 e. The number of ether oxygens (including phenoxy) is 3. The molecular weight excluding hydrogens is 428 g/mol. The first-order valence-corrected chi connectivity index (χ1v) is 9.38. The Balaban J connectivity index is 1.59. The van der Waals surface area contributed by atoms with Crippen LogP contribution in [0.3, 0.4) is 0 Å². The van der Waals surface area contributed by atoms with Gasteiger partial charge in [0.05, 0.1) is 12.2 Å². The summed E-state index contributed by atoms with van der Waals surface area (Å²) in [5.41, 5.74) is 0.269. The molecular formula is C21H18O11. The fourth-order valence-corrected chi connectivity index (χ4v) is 2.87. The third-order valence-corrected chi connectivity index (χ3v) is 4.34. The number of fused-ring (bicyclic) bond motifs is 2.